The first-order valence-corrected chi connectivity index (χ1v) is 6.38. The fraction of sp³-hybridized carbons (Fsp3) is 1.00. The molecule has 1 heteroatoms. The Kier molecular flexibility index (Phi) is 4.43. The Morgan fingerprint density at radius 1 is 1.14 bits per heavy atom. The first-order chi connectivity index (χ1) is 6.62. The zero-order valence-electron chi connectivity index (χ0n) is 10.2. The zero-order chi connectivity index (χ0) is 10.6. The molecule has 0 bridgehead atoms. The van der Waals surface area contributed by atoms with E-state index in [9.17, 15) is 0 Å². The highest BCUT2D eigenvalue weighted by molar-refractivity contribution is 4.90. The van der Waals surface area contributed by atoms with Crippen LogP contribution in [0.3, 0.4) is 0 Å². The van der Waals surface area contributed by atoms with Crippen LogP contribution < -0.4 is 5.73 Å². The van der Waals surface area contributed by atoms with Gasteiger partial charge in [-0.25, -0.2) is 0 Å². The molecule has 1 rings (SSSR count). The quantitative estimate of drug-likeness (QED) is 0.714. The summed E-state index contributed by atoms with van der Waals surface area (Å²) in [4.78, 5) is 0. The van der Waals surface area contributed by atoms with Crippen LogP contribution in [-0.2, 0) is 0 Å². The second-order valence-electron chi connectivity index (χ2n) is 5.39. The van der Waals surface area contributed by atoms with E-state index >= 15 is 0 Å². The average molecular weight is 197 g/mol. The van der Waals surface area contributed by atoms with Gasteiger partial charge in [-0.1, -0.05) is 46.5 Å². The predicted molar refractivity (Wildman–Crippen MR) is 63.2 cm³/mol. The van der Waals surface area contributed by atoms with Gasteiger partial charge in [-0.15, -0.1) is 0 Å². The van der Waals surface area contributed by atoms with Gasteiger partial charge in [0, 0.05) is 6.04 Å². The van der Waals surface area contributed by atoms with Crippen molar-refractivity contribution in [1.82, 2.24) is 0 Å². The van der Waals surface area contributed by atoms with E-state index in [1.54, 1.807) is 0 Å². The minimum absolute atomic E-state index is 0.440. The number of hydrogen-bond acceptors (Lipinski definition) is 1. The van der Waals surface area contributed by atoms with E-state index in [0.29, 0.717) is 11.5 Å². The molecule has 1 aliphatic rings. The molecule has 1 nitrogen and oxygen atoms in total. The minimum atomic E-state index is 0.440. The van der Waals surface area contributed by atoms with Crippen molar-refractivity contribution >= 4 is 0 Å². The van der Waals surface area contributed by atoms with Crippen LogP contribution in [0.15, 0.2) is 0 Å². The lowest BCUT2D eigenvalue weighted by molar-refractivity contribution is 0.221. The maximum atomic E-state index is 6.37. The molecule has 2 N–H and O–H groups in total. The lowest BCUT2D eigenvalue weighted by Gasteiger charge is -2.33. The Morgan fingerprint density at radius 3 is 2.07 bits per heavy atom. The lowest BCUT2D eigenvalue weighted by atomic mass is 9.76. The fourth-order valence-electron chi connectivity index (χ4n) is 2.82. The summed E-state index contributed by atoms with van der Waals surface area (Å²) in [5.74, 6) is 0.849. The second kappa shape index (κ2) is 5.16. The summed E-state index contributed by atoms with van der Waals surface area (Å²) >= 11 is 0. The molecular weight excluding hydrogens is 170 g/mol. The standard InChI is InChI=1S/C13H27N/c1-4-11(5-2)10-12(14)13(3)8-6-7-9-13/h11-12H,4-10,14H2,1-3H3. The number of hydrogen-bond donors (Lipinski definition) is 1. The Bertz CT molecular complexity index is 155. The van der Waals surface area contributed by atoms with Gasteiger partial charge in [0.25, 0.3) is 0 Å². The van der Waals surface area contributed by atoms with E-state index in [0.717, 1.165) is 5.92 Å². The highest BCUT2D eigenvalue weighted by Gasteiger charge is 2.35. The molecule has 0 amide bonds. The van der Waals surface area contributed by atoms with Crippen molar-refractivity contribution < 1.29 is 0 Å². The molecule has 84 valence electrons. The SMILES string of the molecule is CCC(CC)CC(N)C1(C)CCCC1. The minimum Gasteiger partial charge on any atom is -0.327 e. The third-order valence-corrected chi connectivity index (χ3v) is 4.38. The van der Waals surface area contributed by atoms with E-state index in [4.69, 9.17) is 5.73 Å². The monoisotopic (exact) mass is 197 g/mol. The molecular formula is C13H27N. The maximum Gasteiger partial charge on any atom is 0.00955 e. The molecule has 0 radical (unpaired) electrons. The molecule has 0 aromatic carbocycles. The number of nitrogens with two attached hydrogens (primary N) is 1. The van der Waals surface area contributed by atoms with Gasteiger partial charge in [-0.05, 0) is 30.6 Å². The molecule has 14 heavy (non-hydrogen) atoms. The summed E-state index contributed by atoms with van der Waals surface area (Å²) in [6.45, 7) is 6.97. The Labute approximate surface area is 89.5 Å². The van der Waals surface area contributed by atoms with Crippen LogP contribution in [0.1, 0.15) is 65.7 Å². The third-order valence-electron chi connectivity index (χ3n) is 4.38. The van der Waals surface area contributed by atoms with E-state index in [2.05, 4.69) is 20.8 Å². The normalized spacial score (nSPS) is 22.9. The van der Waals surface area contributed by atoms with Crippen LogP contribution in [-0.4, -0.2) is 6.04 Å². The summed E-state index contributed by atoms with van der Waals surface area (Å²) < 4.78 is 0. The van der Waals surface area contributed by atoms with E-state index in [-0.39, 0.29) is 0 Å². The molecule has 0 aliphatic heterocycles. The Morgan fingerprint density at radius 2 is 1.64 bits per heavy atom. The van der Waals surface area contributed by atoms with Crippen molar-refractivity contribution in [2.45, 2.75) is 71.8 Å². The molecule has 1 saturated carbocycles. The smallest absolute Gasteiger partial charge is 0.00955 e. The largest absolute Gasteiger partial charge is 0.327 e. The van der Waals surface area contributed by atoms with Gasteiger partial charge in [0.2, 0.25) is 0 Å². The second-order valence-corrected chi connectivity index (χ2v) is 5.39. The van der Waals surface area contributed by atoms with Gasteiger partial charge in [0.05, 0.1) is 0 Å². The van der Waals surface area contributed by atoms with Crippen molar-refractivity contribution in [2.75, 3.05) is 0 Å². The lowest BCUT2D eigenvalue weighted by Crippen LogP contribution is -2.39. The van der Waals surface area contributed by atoms with Crippen LogP contribution in [0.5, 0.6) is 0 Å². The summed E-state index contributed by atoms with van der Waals surface area (Å²) in [7, 11) is 0. The van der Waals surface area contributed by atoms with Crippen LogP contribution in [0.4, 0.5) is 0 Å². The molecule has 0 aromatic rings. The van der Waals surface area contributed by atoms with Gasteiger partial charge in [-0.3, -0.25) is 0 Å². The topological polar surface area (TPSA) is 26.0 Å². The fourth-order valence-corrected chi connectivity index (χ4v) is 2.82. The first-order valence-electron chi connectivity index (χ1n) is 6.38. The van der Waals surface area contributed by atoms with Crippen LogP contribution >= 0.6 is 0 Å². The van der Waals surface area contributed by atoms with Gasteiger partial charge < -0.3 is 5.73 Å². The summed E-state index contributed by atoms with van der Waals surface area (Å²) in [5.41, 5.74) is 6.83. The first kappa shape index (κ1) is 12.0. The van der Waals surface area contributed by atoms with Crippen LogP contribution in [0.25, 0.3) is 0 Å². The summed E-state index contributed by atoms with van der Waals surface area (Å²) in [6, 6.07) is 0.440. The predicted octanol–water partition coefficient (Wildman–Crippen LogP) is 3.72. The molecule has 0 spiro atoms. The third kappa shape index (κ3) is 2.73. The van der Waals surface area contributed by atoms with Crippen molar-refractivity contribution in [3.05, 3.63) is 0 Å². The maximum absolute atomic E-state index is 6.37. The van der Waals surface area contributed by atoms with Gasteiger partial charge >= 0.3 is 0 Å². The van der Waals surface area contributed by atoms with Crippen molar-refractivity contribution in [2.24, 2.45) is 17.1 Å². The molecule has 0 aromatic heterocycles. The summed E-state index contributed by atoms with van der Waals surface area (Å²) in [6.07, 6.45) is 9.33. The van der Waals surface area contributed by atoms with Crippen LogP contribution in [0.2, 0.25) is 0 Å². The molecule has 1 unspecified atom stereocenters. The van der Waals surface area contributed by atoms with E-state index < -0.39 is 0 Å². The molecule has 1 atom stereocenters. The molecule has 0 heterocycles. The van der Waals surface area contributed by atoms with Crippen molar-refractivity contribution in [3.63, 3.8) is 0 Å². The highest BCUT2D eigenvalue weighted by Crippen LogP contribution is 2.41. The zero-order valence-corrected chi connectivity index (χ0v) is 10.2. The average Bonchev–Trinajstić information content (AvgIpc) is 2.62. The van der Waals surface area contributed by atoms with Gasteiger partial charge in [0.15, 0.2) is 0 Å². The summed E-state index contributed by atoms with van der Waals surface area (Å²) in [5, 5.41) is 0. The van der Waals surface area contributed by atoms with Crippen molar-refractivity contribution in [1.29, 1.82) is 0 Å². The Balaban J connectivity index is 2.43. The highest BCUT2D eigenvalue weighted by atomic mass is 14.7. The van der Waals surface area contributed by atoms with Gasteiger partial charge in [0.1, 0.15) is 0 Å². The molecule has 0 saturated heterocycles. The van der Waals surface area contributed by atoms with Gasteiger partial charge in [-0.2, -0.15) is 0 Å². The van der Waals surface area contributed by atoms with Crippen molar-refractivity contribution in [3.8, 4) is 0 Å². The van der Waals surface area contributed by atoms with E-state index in [1.807, 2.05) is 0 Å². The van der Waals surface area contributed by atoms with Crippen LogP contribution in [0, 0.1) is 11.3 Å². The molecule has 1 fully saturated rings. The Hall–Kier alpha value is -0.0400. The molecule has 1 aliphatic carbocycles. The van der Waals surface area contributed by atoms with E-state index in [1.165, 1.54) is 44.9 Å². The number of rotatable bonds is 5.